The summed E-state index contributed by atoms with van der Waals surface area (Å²) in [7, 11) is 0. The molecule has 148 valence electrons. The van der Waals surface area contributed by atoms with Gasteiger partial charge in [0, 0.05) is 50.6 Å². The number of nitrogens with one attached hydrogen (secondary N) is 1. The van der Waals surface area contributed by atoms with Crippen molar-refractivity contribution >= 4 is 17.7 Å². The highest BCUT2D eigenvalue weighted by molar-refractivity contribution is 5.98. The largest absolute Gasteiger partial charge is 0.343 e. The third-order valence-corrected chi connectivity index (χ3v) is 5.17. The molecule has 0 bridgehead atoms. The van der Waals surface area contributed by atoms with E-state index in [1.54, 1.807) is 4.90 Å². The lowest BCUT2D eigenvalue weighted by Crippen LogP contribution is -2.50. The highest BCUT2D eigenvalue weighted by Crippen LogP contribution is 2.14. The molecule has 0 atom stereocenters. The number of urea groups is 1. The molecule has 1 N–H and O–H groups in total. The number of benzene rings is 1. The zero-order valence-electron chi connectivity index (χ0n) is 16.7. The van der Waals surface area contributed by atoms with Gasteiger partial charge in [0.05, 0.1) is 0 Å². The summed E-state index contributed by atoms with van der Waals surface area (Å²) in [5.74, 6) is 0.0219. The third kappa shape index (κ3) is 6.08. The molecular weight excluding hydrogens is 342 g/mol. The minimum absolute atomic E-state index is 0.00437. The first-order chi connectivity index (χ1) is 12.9. The summed E-state index contributed by atoms with van der Waals surface area (Å²) in [5, 5.41) is 3.05. The topological polar surface area (TPSA) is 69.7 Å². The summed E-state index contributed by atoms with van der Waals surface area (Å²) in [5.41, 5.74) is 1.77. The van der Waals surface area contributed by atoms with Crippen molar-refractivity contribution in [1.29, 1.82) is 0 Å². The number of rotatable bonds is 7. The van der Waals surface area contributed by atoms with Gasteiger partial charge in [-0.1, -0.05) is 29.8 Å². The van der Waals surface area contributed by atoms with Crippen LogP contribution in [-0.2, 0) is 4.79 Å². The van der Waals surface area contributed by atoms with Gasteiger partial charge in [0.15, 0.2) is 5.78 Å². The molecule has 0 spiro atoms. The zero-order chi connectivity index (χ0) is 19.8. The van der Waals surface area contributed by atoms with Gasteiger partial charge in [-0.25, -0.2) is 4.79 Å². The molecule has 0 saturated carbocycles. The second-order valence-corrected chi connectivity index (χ2v) is 7.07. The molecule has 6 heteroatoms. The number of carbonyl (C=O) groups excluding carboxylic acids is 3. The Hall–Kier alpha value is -2.37. The standard InChI is InChI=1S/C21H31N3O3/c1-4-23(5-2)21(27)22-18-12-14-24(15-13-18)20(26)11-10-19(25)17-8-6-16(3)7-9-17/h6-9,18H,4-5,10-15H2,1-3H3,(H,22,27). The summed E-state index contributed by atoms with van der Waals surface area (Å²) in [6.45, 7) is 8.53. The van der Waals surface area contributed by atoms with Crippen LogP contribution in [0, 0.1) is 6.92 Å². The van der Waals surface area contributed by atoms with Gasteiger partial charge in [-0.3, -0.25) is 9.59 Å². The molecule has 1 aliphatic heterocycles. The molecule has 27 heavy (non-hydrogen) atoms. The number of ketones is 1. The fourth-order valence-corrected chi connectivity index (χ4v) is 3.31. The summed E-state index contributed by atoms with van der Waals surface area (Å²) in [6, 6.07) is 7.52. The number of hydrogen-bond acceptors (Lipinski definition) is 3. The Morgan fingerprint density at radius 3 is 2.19 bits per heavy atom. The van der Waals surface area contributed by atoms with E-state index < -0.39 is 0 Å². The van der Waals surface area contributed by atoms with Crippen molar-refractivity contribution in [3.05, 3.63) is 35.4 Å². The van der Waals surface area contributed by atoms with E-state index in [1.807, 2.05) is 49.9 Å². The predicted octanol–water partition coefficient (Wildman–Crippen LogP) is 3.00. The van der Waals surface area contributed by atoms with Gasteiger partial charge in [0.25, 0.3) is 0 Å². The number of aryl methyl sites for hydroxylation is 1. The van der Waals surface area contributed by atoms with Crippen LogP contribution in [0.2, 0.25) is 0 Å². The molecule has 0 aliphatic carbocycles. The van der Waals surface area contributed by atoms with E-state index in [-0.39, 0.29) is 36.6 Å². The van der Waals surface area contributed by atoms with Crippen molar-refractivity contribution < 1.29 is 14.4 Å². The van der Waals surface area contributed by atoms with Gasteiger partial charge in [-0.15, -0.1) is 0 Å². The zero-order valence-corrected chi connectivity index (χ0v) is 16.7. The van der Waals surface area contributed by atoms with Crippen molar-refractivity contribution in [2.24, 2.45) is 0 Å². The first-order valence-electron chi connectivity index (χ1n) is 9.87. The smallest absolute Gasteiger partial charge is 0.317 e. The highest BCUT2D eigenvalue weighted by atomic mass is 16.2. The van der Waals surface area contributed by atoms with E-state index in [9.17, 15) is 14.4 Å². The van der Waals surface area contributed by atoms with Crippen molar-refractivity contribution in [3.63, 3.8) is 0 Å². The number of nitrogens with zero attached hydrogens (tertiary/aromatic N) is 2. The van der Waals surface area contributed by atoms with E-state index in [1.165, 1.54) is 0 Å². The lowest BCUT2D eigenvalue weighted by Gasteiger charge is -2.33. The summed E-state index contributed by atoms with van der Waals surface area (Å²) in [4.78, 5) is 40.3. The van der Waals surface area contributed by atoms with Crippen LogP contribution in [0.4, 0.5) is 4.79 Å². The monoisotopic (exact) mass is 373 g/mol. The van der Waals surface area contributed by atoms with Crippen LogP contribution in [0.1, 0.15) is 55.5 Å². The fraction of sp³-hybridized carbons (Fsp3) is 0.571. The maximum atomic E-state index is 12.4. The van der Waals surface area contributed by atoms with Crippen LogP contribution < -0.4 is 5.32 Å². The van der Waals surface area contributed by atoms with Gasteiger partial charge in [-0.2, -0.15) is 0 Å². The van der Waals surface area contributed by atoms with Gasteiger partial charge < -0.3 is 15.1 Å². The lowest BCUT2D eigenvalue weighted by molar-refractivity contribution is -0.132. The quantitative estimate of drug-likeness (QED) is 0.747. The predicted molar refractivity (Wildman–Crippen MR) is 106 cm³/mol. The second kappa shape index (κ2) is 10.1. The minimum Gasteiger partial charge on any atom is -0.343 e. The van der Waals surface area contributed by atoms with Gasteiger partial charge in [0.1, 0.15) is 0 Å². The third-order valence-electron chi connectivity index (χ3n) is 5.17. The Balaban J connectivity index is 1.73. The summed E-state index contributed by atoms with van der Waals surface area (Å²) < 4.78 is 0. The SMILES string of the molecule is CCN(CC)C(=O)NC1CCN(C(=O)CCC(=O)c2ccc(C)cc2)CC1. The molecule has 1 saturated heterocycles. The molecule has 1 aromatic rings. The van der Waals surface area contributed by atoms with Crippen LogP contribution in [0.5, 0.6) is 0 Å². The normalized spacial score (nSPS) is 14.7. The van der Waals surface area contributed by atoms with Crippen LogP contribution >= 0.6 is 0 Å². The van der Waals surface area contributed by atoms with Crippen LogP contribution in [0.25, 0.3) is 0 Å². The second-order valence-electron chi connectivity index (χ2n) is 7.07. The Labute approximate surface area is 161 Å². The molecule has 1 fully saturated rings. The Bertz CT molecular complexity index is 645. The van der Waals surface area contributed by atoms with Crippen LogP contribution in [0.15, 0.2) is 24.3 Å². The molecule has 1 heterocycles. The Kier molecular flexibility index (Phi) is 7.82. The number of Topliss-reactive ketones (excluding diaryl/α,β-unsaturated/α-hetero) is 1. The fourth-order valence-electron chi connectivity index (χ4n) is 3.31. The minimum atomic E-state index is -0.0338. The summed E-state index contributed by atoms with van der Waals surface area (Å²) >= 11 is 0. The first kappa shape index (κ1) is 20.9. The average molecular weight is 373 g/mol. The van der Waals surface area contributed by atoms with E-state index in [0.717, 1.165) is 18.4 Å². The van der Waals surface area contributed by atoms with E-state index in [0.29, 0.717) is 31.7 Å². The van der Waals surface area contributed by atoms with Gasteiger partial charge in [0.2, 0.25) is 5.91 Å². The summed E-state index contributed by atoms with van der Waals surface area (Å²) in [6.07, 6.45) is 1.99. The lowest BCUT2D eigenvalue weighted by atomic mass is 10.0. The van der Waals surface area contributed by atoms with Gasteiger partial charge >= 0.3 is 6.03 Å². The molecule has 0 aromatic heterocycles. The van der Waals surface area contributed by atoms with Crippen molar-refractivity contribution in [3.8, 4) is 0 Å². The van der Waals surface area contributed by atoms with Crippen LogP contribution in [-0.4, -0.2) is 59.7 Å². The van der Waals surface area contributed by atoms with Crippen molar-refractivity contribution in [1.82, 2.24) is 15.1 Å². The maximum Gasteiger partial charge on any atom is 0.317 e. The van der Waals surface area contributed by atoms with E-state index >= 15 is 0 Å². The number of amides is 3. The number of carbonyl (C=O) groups is 3. The molecule has 2 rings (SSSR count). The highest BCUT2D eigenvalue weighted by Gasteiger charge is 2.25. The molecule has 1 aromatic carbocycles. The van der Waals surface area contributed by atoms with E-state index in [2.05, 4.69) is 5.32 Å². The number of piperidine rings is 1. The number of likely N-dealkylation sites (tertiary alicyclic amines) is 1. The molecule has 3 amide bonds. The molecule has 0 radical (unpaired) electrons. The molecule has 6 nitrogen and oxygen atoms in total. The Morgan fingerprint density at radius 1 is 1.04 bits per heavy atom. The molecule has 1 aliphatic rings. The Morgan fingerprint density at radius 2 is 1.63 bits per heavy atom. The molecule has 0 unspecified atom stereocenters. The number of hydrogen-bond donors (Lipinski definition) is 1. The maximum absolute atomic E-state index is 12.4. The van der Waals surface area contributed by atoms with Crippen molar-refractivity contribution in [2.45, 2.75) is 52.5 Å². The van der Waals surface area contributed by atoms with Crippen LogP contribution in [0.3, 0.4) is 0 Å². The first-order valence-corrected chi connectivity index (χ1v) is 9.87. The van der Waals surface area contributed by atoms with Gasteiger partial charge in [-0.05, 0) is 33.6 Å². The molecular formula is C21H31N3O3. The van der Waals surface area contributed by atoms with Crippen molar-refractivity contribution in [2.75, 3.05) is 26.2 Å². The average Bonchev–Trinajstić information content (AvgIpc) is 2.68. The van der Waals surface area contributed by atoms with E-state index in [4.69, 9.17) is 0 Å².